The minimum absolute atomic E-state index is 0.144. The highest BCUT2D eigenvalue weighted by Gasteiger charge is 2.50. The summed E-state index contributed by atoms with van der Waals surface area (Å²) in [5.74, 6) is 0.803. The first-order chi connectivity index (χ1) is 12.1. The number of rotatable bonds is 2. The molecule has 0 saturated carbocycles. The van der Waals surface area contributed by atoms with Gasteiger partial charge in [-0.1, -0.05) is 35.3 Å². The number of para-hydroxylation sites is 1. The summed E-state index contributed by atoms with van der Waals surface area (Å²) in [6.45, 7) is 2.13. The van der Waals surface area contributed by atoms with Crippen molar-refractivity contribution in [2.24, 2.45) is 5.41 Å². The van der Waals surface area contributed by atoms with Crippen LogP contribution >= 0.6 is 23.2 Å². The van der Waals surface area contributed by atoms with Gasteiger partial charge < -0.3 is 9.80 Å². The van der Waals surface area contributed by atoms with Gasteiger partial charge in [-0.05, 0) is 31.4 Å². The molecule has 0 aliphatic carbocycles. The highest BCUT2D eigenvalue weighted by molar-refractivity contribution is 6.34. The standard InChI is InChI=1S/C18H18Cl2N4O/c19-13-4-1-2-5-14(13)24-11-7-18(17(24)25)6-3-10-23(12-18)16-15(20)21-8-9-22-16/h1-2,4-5,8-9H,3,6-7,10-12H2. The third-order valence-electron chi connectivity index (χ3n) is 5.17. The van der Waals surface area contributed by atoms with Gasteiger partial charge in [-0.2, -0.15) is 0 Å². The summed E-state index contributed by atoms with van der Waals surface area (Å²) in [5.41, 5.74) is 0.388. The van der Waals surface area contributed by atoms with Crippen molar-refractivity contribution >= 4 is 40.6 Å². The minimum atomic E-state index is -0.404. The summed E-state index contributed by atoms with van der Waals surface area (Å²) in [4.78, 5) is 25.7. The van der Waals surface area contributed by atoms with E-state index in [0.29, 0.717) is 29.1 Å². The quantitative estimate of drug-likeness (QED) is 0.799. The number of carbonyl (C=O) groups excluding carboxylic acids is 1. The van der Waals surface area contributed by atoms with Crippen LogP contribution < -0.4 is 9.80 Å². The van der Waals surface area contributed by atoms with Crippen LogP contribution in [0.2, 0.25) is 10.2 Å². The van der Waals surface area contributed by atoms with Crippen molar-refractivity contribution in [3.8, 4) is 0 Å². The Hall–Kier alpha value is -1.85. The lowest BCUT2D eigenvalue weighted by Crippen LogP contribution is -2.48. The molecule has 2 saturated heterocycles. The molecule has 1 aromatic carbocycles. The summed E-state index contributed by atoms with van der Waals surface area (Å²) in [5, 5.41) is 0.991. The number of hydrogen-bond acceptors (Lipinski definition) is 4. The molecule has 2 aromatic rings. The van der Waals surface area contributed by atoms with Crippen molar-refractivity contribution in [2.45, 2.75) is 19.3 Å². The summed E-state index contributed by atoms with van der Waals surface area (Å²) >= 11 is 12.5. The molecule has 3 heterocycles. The second-order valence-corrected chi connectivity index (χ2v) is 7.40. The smallest absolute Gasteiger partial charge is 0.235 e. The topological polar surface area (TPSA) is 49.3 Å². The maximum atomic E-state index is 13.3. The molecule has 4 rings (SSSR count). The van der Waals surface area contributed by atoms with E-state index in [4.69, 9.17) is 23.2 Å². The van der Waals surface area contributed by atoms with Crippen molar-refractivity contribution in [1.82, 2.24) is 9.97 Å². The fraction of sp³-hybridized carbons (Fsp3) is 0.389. The van der Waals surface area contributed by atoms with Crippen LogP contribution in [0.4, 0.5) is 11.5 Å². The number of piperidine rings is 1. The molecular weight excluding hydrogens is 359 g/mol. The fourth-order valence-corrected chi connectivity index (χ4v) is 4.40. The van der Waals surface area contributed by atoms with Gasteiger partial charge >= 0.3 is 0 Å². The number of anilines is 2. The molecule has 1 unspecified atom stereocenters. The summed E-state index contributed by atoms with van der Waals surface area (Å²) in [7, 11) is 0. The first kappa shape index (κ1) is 16.6. The van der Waals surface area contributed by atoms with Crippen molar-refractivity contribution in [3.63, 3.8) is 0 Å². The van der Waals surface area contributed by atoms with Crippen molar-refractivity contribution in [2.75, 3.05) is 29.4 Å². The summed E-state index contributed by atoms with van der Waals surface area (Å²) in [6, 6.07) is 7.51. The number of aromatic nitrogens is 2. The first-order valence-electron chi connectivity index (χ1n) is 8.39. The molecule has 1 atom stereocenters. The van der Waals surface area contributed by atoms with E-state index < -0.39 is 5.41 Å². The summed E-state index contributed by atoms with van der Waals surface area (Å²) in [6.07, 6.45) is 5.82. The van der Waals surface area contributed by atoms with Gasteiger partial charge in [-0.25, -0.2) is 9.97 Å². The van der Waals surface area contributed by atoms with E-state index in [-0.39, 0.29) is 5.91 Å². The molecule has 0 bridgehead atoms. The second-order valence-electron chi connectivity index (χ2n) is 6.63. The number of halogens is 2. The van der Waals surface area contributed by atoms with E-state index in [2.05, 4.69) is 14.9 Å². The third-order valence-corrected chi connectivity index (χ3v) is 5.75. The molecular formula is C18H18Cl2N4O. The van der Waals surface area contributed by atoms with E-state index in [0.717, 1.165) is 31.5 Å². The van der Waals surface area contributed by atoms with Gasteiger partial charge in [0, 0.05) is 32.0 Å². The normalized spacial score (nSPS) is 23.5. The lowest BCUT2D eigenvalue weighted by molar-refractivity contribution is -0.126. The molecule has 1 amide bonds. The van der Waals surface area contributed by atoms with Gasteiger partial charge in [0.2, 0.25) is 5.91 Å². The highest BCUT2D eigenvalue weighted by Crippen LogP contribution is 2.44. The molecule has 7 heteroatoms. The third kappa shape index (κ3) is 2.85. The zero-order valence-electron chi connectivity index (χ0n) is 13.7. The van der Waals surface area contributed by atoms with Crippen LogP contribution in [-0.2, 0) is 4.79 Å². The SMILES string of the molecule is O=C1N(c2ccccc2Cl)CCC12CCCN(c1nccnc1Cl)C2. The largest absolute Gasteiger partial charge is 0.353 e. The van der Waals surface area contributed by atoms with Gasteiger partial charge in [0.1, 0.15) is 0 Å². The van der Waals surface area contributed by atoms with Gasteiger partial charge in [-0.15, -0.1) is 0 Å². The van der Waals surface area contributed by atoms with Crippen molar-refractivity contribution in [1.29, 1.82) is 0 Å². The van der Waals surface area contributed by atoms with E-state index in [1.165, 1.54) is 0 Å². The average molecular weight is 377 g/mol. The predicted octanol–water partition coefficient (Wildman–Crippen LogP) is 3.81. The van der Waals surface area contributed by atoms with Crippen LogP contribution in [0.3, 0.4) is 0 Å². The molecule has 5 nitrogen and oxygen atoms in total. The van der Waals surface area contributed by atoms with E-state index >= 15 is 0 Å². The molecule has 1 aromatic heterocycles. The van der Waals surface area contributed by atoms with Crippen LogP contribution in [0, 0.1) is 5.41 Å². The van der Waals surface area contributed by atoms with Crippen LogP contribution in [-0.4, -0.2) is 35.5 Å². The Morgan fingerprint density at radius 3 is 2.64 bits per heavy atom. The Balaban J connectivity index is 1.61. The lowest BCUT2D eigenvalue weighted by Gasteiger charge is -2.39. The molecule has 1 spiro atoms. The number of benzene rings is 1. The second kappa shape index (κ2) is 6.46. The van der Waals surface area contributed by atoms with Crippen LogP contribution in [0.15, 0.2) is 36.7 Å². The van der Waals surface area contributed by atoms with Gasteiger partial charge in [0.15, 0.2) is 11.0 Å². The predicted molar refractivity (Wildman–Crippen MR) is 99.3 cm³/mol. The zero-order chi connectivity index (χ0) is 17.4. The van der Waals surface area contributed by atoms with Crippen LogP contribution in [0.25, 0.3) is 0 Å². The Labute approximate surface area is 156 Å². The molecule has 25 heavy (non-hydrogen) atoms. The van der Waals surface area contributed by atoms with Crippen LogP contribution in [0.1, 0.15) is 19.3 Å². The molecule has 0 N–H and O–H groups in total. The van der Waals surface area contributed by atoms with E-state index in [1.807, 2.05) is 29.2 Å². The maximum absolute atomic E-state index is 13.3. The maximum Gasteiger partial charge on any atom is 0.235 e. The highest BCUT2D eigenvalue weighted by atomic mass is 35.5. The molecule has 2 aliphatic heterocycles. The molecule has 130 valence electrons. The van der Waals surface area contributed by atoms with E-state index in [9.17, 15) is 4.79 Å². The Morgan fingerprint density at radius 2 is 1.84 bits per heavy atom. The Morgan fingerprint density at radius 1 is 1.04 bits per heavy atom. The van der Waals surface area contributed by atoms with Crippen molar-refractivity contribution in [3.05, 3.63) is 46.8 Å². The van der Waals surface area contributed by atoms with Crippen LogP contribution in [0.5, 0.6) is 0 Å². The Kier molecular flexibility index (Phi) is 4.29. The number of carbonyl (C=O) groups is 1. The molecule has 2 fully saturated rings. The number of amides is 1. The van der Waals surface area contributed by atoms with E-state index in [1.54, 1.807) is 12.4 Å². The molecule has 2 aliphatic rings. The van der Waals surface area contributed by atoms with Gasteiger partial charge in [0.05, 0.1) is 16.1 Å². The average Bonchev–Trinajstić information content (AvgIpc) is 2.92. The zero-order valence-corrected chi connectivity index (χ0v) is 15.2. The summed E-state index contributed by atoms with van der Waals surface area (Å²) < 4.78 is 0. The minimum Gasteiger partial charge on any atom is -0.353 e. The monoisotopic (exact) mass is 376 g/mol. The van der Waals surface area contributed by atoms with Gasteiger partial charge in [-0.3, -0.25) is 4.79 Å². The molecule has 0 radical (unpaired) electrons. The number of nitrogens with zero attached hydrogens (tertiary/aromatic N) is 4. The fourth-order valence-electron chi connectivity index (χ4n) is 3.94. The van der Waals surface area contributed by atoms with Crippen molar-refractivity contribution < 1.29 is 4.79 Å². The first-order valence-corrected chi connectivity index (χ1v) is 9.14. The Bertz CT molecular complexity index is 815. The van der Waals surface area contributed by atoms with Gasteiger partial charge in [0.25, 0.3) is 0 Å². The lowest BCUT2D eigenvalue weighted by atomic mass is 9.78. The number of hydrogen-bond donors (Lipinski definition) is 0.